The molecule has 0 spiro atoms. The summed E-state index contributed by atoms with van der Waals surface area (Å²) >= 11 is 0. The second-order valence-electron chi connectivity index (χ2n) is 9.46. The van der Waals surface area contributed by atoms with Crippen LogP contribution in [0.3, 0.4) is 0 Å². The van der Waals surface area contributed by atoms with Gasteiger partial charge in [0.05, 0.1) is 6.04 Å². The Kier molecular flexibility index (Phi) is 8.56. The number of hydrogen-bond acceptors (Lipinski definition) is 3. The Bertz CT molecular complexity index is 1830. The van der Waals surface area contributed by atoms with Gasteiger partial charge in [0.2, 0.25) is 0 Å². The van der Waals surface area contributed by atoms with Gasteiger partial charge in [-0.1, -0.05) is 129 Å². The first-order valence-electron chi connectivity index (χ1n) is 14.0. The van der Waals surface area contributed by atoms with Crippen LogP contribution in [0.25, 0.3) is 43.8 Å². The van der Waals surface area contributed by atoms with Crippen LogP contribution in [0.5, 0.6) is 0 Å². The number of benzene rings is 6. The second-order valence-corrected chi connectivity index (χ2v) is 9.46. The lowest BCUT2D eigenvalue weighted by Crippen LogP contribution is -2.12. The van der Waals surface area contributed by atoms with E-state index in [0.29, 0.717) is 0 Å². The Hall–Kier alpha value is -5.15. The molecule has 202 valence electrons. The van der Waals surface area contributed by atoms with Crippen LogP contribution >= 0.6 is 0 Å². The van der Waals surface area contributed by atoms with Gasteiger partial charge in [-0.05, 0) is 58.4 Å². The van der Waals surface area contributed by atoms with Gasteiger partial charge in [-0.3, -0.25) is 0 Å². The SMILES string of the molecule is C=N.CC.c1ccc(C(Nc2cccc(-c3cccc4c3oc3cc5ccccc5cc34)c2)c2ccccc2)cc1. The molecule has 0 bridgehead atoms. The van der Waals surface area contributed by atoms with Crippen molar-refractivity contribution in [3.05, 3.63) is 151 Å². The second kappa shape index (κ2) is 12.8. The van der Waals surface area contributed by atoms with E-state index in [1.165, 1.54) is 21.9 Å². The first-order chi connectivity index (χ1) is 20.3. The molecule has 3 heteroatoms. The van der Waals surface area contributed by atoms with Gasteiger partial charge in [-0.2, -0.15) is 0 Å². The van der Waals surface area contributed by atoms with Crippen molar-refractivity contribution in [2.75, 3.05) is 5.32 Å². The standard InChI is InChI=1S/C35H25NO.C2H6.CH3N/c1-3-11-24(12-4-1)34(25-13-5-2-6-14-25)36-29-18-9-17-28(21-29)30-19-10-20-31-32-22-26-15-7-8-16-27(26)23-33(32)37-35(30)31;2*1-2/h1-23,34,36H;1-2H3;2H,1H2. The average molecular weight is 535 g/mol. The molecule has 7 aromatic rings. The molecule has 0 saturated carbocycles. The van der Waals surface area contributed by atoms with Crippen LogP contribution in [0.15, 0.2) is 144 Å². The Morgan fingerprint density at radius 3 is 1.83 bits per heavy atom. The summed E-state index contributed by atoms with van der Waals surface area (Å²) in [4.78, 5) is 0. The Morgan fingerprint density at radius 2 is 1.17 bits per heavy atom. The van der Waals surface area contributed by atoms with Crippen LogP contribution in [0.1, 0.15) is 31.0 Å². The third-order valence-corrected chi connectivity index (χ3v) is 7.12. The van der Waals surface area contributed by atoms with Crippen molar-refractivity contribution in [3.8, 4) is 11.1 Å². The normalized spacial score (nSPS) is 10.6. The monoisotopic (exact) mass is 534 g/mol. The minimum atomic E-state index is 0.0482. The summed E-state index contributed by atoms with van der Waals surface area (Å²) in [6, 6.07) is 49.1. The summed E-state index contributed by atoms with van der Waals surface area (Å²) in [5.74, 6) is 0. The highest BCUT2D eigenvalue weighted by molar-refractivity contribution is 6.13. The van der Waals surface area contributed by atoms with Crippen LogP contribution < -0.4 is 5.32 Å². The number of rotatable bonds is 5. The number of nitrogens with one attached hydrogen (secondary N) is 2. The maximum Gasteiger partial charge on any atom is 0.143 e. The number of anilines is 1. The van der Waals surface area contributed by atoms with Gasteiger partial charge >= 0.3 is 0 Å². The molecular weight excluding hydrogens is 500 g/mol. The predicted octanol–water partition coefficient (Wildman–Crippen LogP) is 10.9. The quantitative estimate of drug-likeness (QED) is 0.216. The molecule has 1 heterocycles. The summed E-state index contributed by atoms with van der Waals surface area (Å²) in [5.41, 5.74) is 7.58. The molecular formula is C38H34N2O. The summed E-state index contributed by atoms with van der Waals surface area (Å²) in [6.45, 7) is 6.50. The fourth-order valence-corrected chi connectivity index (χ4v) is 5.30. The third kappa shape index (κ3) is 5.61. The topological polar surface area (TPSA) is 49.0 Å². The van der Waals surface area contributed by atoms with Crippen molar-refractivity contribution in [1.82, 2.24) is 0 Å². The van der Waals surface area contributed by atoms with Crippen molar-refractivity contribution in [1.29, 1.82) is 5.41 Å². The molecule has 2 N–H and O–H groups in total. The van der Waals surface area contributed by atoms with Gasteiger partial charge in [-0.25, -0.2) is 0 Å². The van der Waals surface area contributed by atoms with E-state index in [9.17, 15) is 0 Å². The summed E-state index contributed by atoms with van der Waals surface area (Å²) in [7, 11) is 0. The molecule has 0 saturated heterocycles. The van der Waals surface area contributed by atoms with Crippen LogP contribution in [0.4, 0.5) is 5.69 Å². The summed E-state index contributed by atoms with van der Waals surface area (Å²) in [5, 5.41) is 14.0. The molecule has 1 aromatic heterocycles. The van der Waals surface area contributed by atoms with E-state index in [1.807, 2.05) is 13.8 Å². The van der Waals surface area contributed by atoms with E-state index >= 15 is 0 Å². The van der Waals surface area contributed by atoms with E-state index in [4.69, 9.17) is 9.83 Å². The number of fused-ring (bicyclic) bond motifs is 4. The van der Waals surface area contributed by atoms with E-state index in [1.54, 1.807) is 0 Å². The Balaban J connectivity index is 0.000000810. The van der Waals surface area contributed by atoms with Crippen molar-refractivity contribution in [2.24, 2.45) is 0 Å². The summed E-state index contributed by atoms with van der Waals surface area (Å²) < 4.78 is 6.49. The van der Waals surface area contributed by atoms with Crippen molar-refractivity contribution >= 4 is 45.1 Å². The lowest BCUT2D eigenvalue weighted by molar-refractivity contribution is 0.670. The van der Waals surface area contributed by atoms with E-state index in [-0.39, 0.29) is 6.04 Å². The predicted molar refractivity (Wildman–Crippen MR) is 176 cm³/mol. The van der Waals surface area contributed by atoms with E-state index < -0.39 is 0 Å². The van der Waals surface area contributed by atoms with Gasteiger partial charge in [0, 0.05) is 22.0 Å². The van der Waals surface area contributed by atoms with Crippen LogP contribution in [-0.4, -0.2) is 6.72 Å². The number of para-hydroxylation sites is 1. The Morgan fingerprint density at radius 1 is 0.585 bits per heavy atom. The maximum atomic E-state index is 6.49. The first kappa shape index (κ1) is 27.4. The molecule has 0 aliphatic carbocycles. The molecule has 0 aliphatic heterocycles. The molecule has 0 atom stereocenters. The average Bonchev–Trinajstić information content (AvgIpc) is 3.43. The fourth-order valence-electron chi connectivity index (χ4n) is 5.30. The van der Waals surface area contributed by atoms with Gasteiger partial charge < -0.3 is 15.1 Å². The number of hydrogen-bond donors (Lipinski definition) is 2. The van der Waals surface area contributed by atoms with Crippen molar-refractivity contribution < 1.29 is 4.42 Å². The summed E-state index contributed by atoms with van der Waals surface area (Å²) in [6.07, 6.45) is 0. The molecule has 3 nitrogen and oxygen atoms in total. The highest BCUT2D eigenvalue weighted by Gasteiger charge is 2.16. The minimum absolute atomic E-state index is 0.0482. The minimum Gasteiger partial charge on any atom is -0.455 e. The first-order valence-corrected chi connectivity index (χ1v) is 14.0. The van der Waals surface area contributed by atoms with Gasteiger partial charge in [0.1, 0.15) is 11.2 Å². The lowest BCUT2D eigenvalue weighted by Gasteiger charge is -2.21. The fraction of sp³-hybridized carbons (Fsp3) is 0.0789. The van der Waals surface area contributed by atoms with Crippen LogP contribution in [0, 0.1) is 5.41 Å². The zero-order valence-corrected chi connectivity index (χ0v) is 23.5. The zero-order chi connectivity index (χ0) is 28.6. The van der Waals surface area contributed by atoms with Gasteiger partial charge in [0.25, 0.3) is 0 Å². The van der Waals surface area contributed by atoms with Crippen molar-refractivity contribution in [2.45, 2.75) is 19.9 Å². The molecule has 41 heavy (non-hydrogen) atoms. The lowest BCUT2D eigenvalue weighted by atomic mass is 9.97. The molecule has 0 unspecified atom stereocenters. The Labute approximate surface area is 241 Å². The van der Waals surface area contributed by atoms with E-state index in [2.05, 4.69) is 152 Å². The molecule has 0 fully saturated rings. The smallest absolute Gasteiger partial charge is 0.143 e. The molecule has 6 aromatic carbocycles. The molecule has 7 rings (SSSR count). The van der Waals surface area contributed by atoms with Gasteiger partial charge in [0.15, 0.2) is 0 Å². The highest BCUT2D eigenvalue weighted by Crippen LogP contribution is 2.38. The highest BCUT2D eigenvalue weighted by atomic mass is 16.3. The van der Waals surface area contributed by atoms with E-state index in [0.717, 1.165) is 38.8 Å². The largest absolute Gasteiger partial charge is 0.455 e. The maximum absolute atomic E-state index is 6.49. The zero-order valence-electron chi connectivity index (χ0n) is 23.5. The van der Waals surface area contributed by atoms with Crippen molar-refractivity contribution in [3.63, 3.8) is 0 Å². The molecule has 0 amide bonds. The van der Waals surface area contributed by atoms with Gasteiger partial charge in [-0.15, -0.1) is 0 Å². The van der Waals surface area contributed by atoms with Crippen LogP contribution in [-0.2, 0) is 0 Å². The molecule has 0 radical (unpaired) electrons. The molecule has 0 aliphatic rings. The number of furan rings is 1. The third-order valence-electron chi connectivity index (χ3n) is 7.12. The van der Waals surface area contributed by atoms with Crippen LogP contribution in [0.2, 0.25) is 0 Å².